The molecule has 32 heavy (non-hydrogen) atoms. The Kier molecular flexibility index (Phi) is 6.98. The average Bonchev–Trinajstić information content (AvgIpc) is 3.22. The predicted octanol–water partition coefficient (Wildman–Crippen LogP) is 5.21. The Bertz CT molecular complexity index is 1120. The lowest BCUT2D eigenvalue weighted by molar-refractivity contribution is -0.121. The number of likely N-dealkylation sites (tertiary alicyclic amines) is 1. The van der Waals surface area contributed by atoms with Crippen LogP contribution < -0.4 is 10.1 Å². The number of rotatable bonds is 6. The lowest BCUT2D eigenvalue weighted by atomic mass is 9.97. The van der Waals surface area contributed by atoms with E-state index in [9.17, 15) is 4.79 Å². The second kappa shape index (κ2) is 9.90. The maximum Gasteiger partial charge on any atom is 0.241 e. The summed E-state index contributed by atoms with van der Waals surface area (Å²) in [6.07, 6.45) is 1.74. The van der Waals surface area contributed by atoms with Crippen molar-refractivity contribution in [2.24, 2.45) is 5.92 Å². The summed E-state index contributed by atoms with van der Waals surface area (Å²) in [5, 5.41) is 8.08. The van der Waals surface area contributed by atoms with Gasteiger partial charge in [0.1, 0.15) is 5.75 Å². The van der Waals surface area contributed by atoms with Gasteiger partial charge in [-0.15, -0.1) is 0 Å². The van der Waals surface area contributed by atoms with Gasteiger partial charge in [0.2, 0.25) is 17.6 Å². The van der Waals surface area contributed by atoms with E-state index in [4.69, 9.17) is 32.5 Å². The minimum absolute atomic E-state index is 0.0160. The highest BCUT2D eigenvalue weighted by molar-refractivity contribution is 6.36. The van der Waals surface area contributed by atoms with Gasteiger partial charge in [-0.1, -0.05) is 34.4 Å². The predicted molar refractivity (Wildman–Crippen MR) is 124 cm³/mol. The van der Waals surface area contributed by atoms with Crippen LogP contribution in [-0.4, -0.2) is 41.1 Å². The van der Waals surface area contributed by atoms with E-state index in [1.54, 1.807) is 25.3 Å². The highest BCUT2D eigenvalue weighted by atomic mass is 35.5. The number of hydrogen-bond donors (Lipinski definition) is 1. The summed E-state index contributed by atoms with van der Waals surface area (Å²) in [6, 6.07) is 10.9. The molecule has 1 fully saturated rings. The molecule has 0 bridgehead atoms. The number of anilines is 1. The molecular weight excluding hydrogens is 451 g/mol. The van der Waals surface area contributed by atoms with E-state index in [1.807, 2.05) is 25.1 Å². The molecule has 1 atom stereocenters. The lowest BCUT2D eigenvalue weighted by Gasteiger charge is -2.31. The third kappa shape index (κ3) is 5.23. The first-order valence-corrected chi connectivity index (χ1v) is 11.1. The molecule has 0 radical (unpaired) electrons. The lowest BCUT2D eigenvalue weighted by Crippen LogP contribution is -2.40. The maximum absolute atomic E-state index is 12.9. The summed E-state index contributed by atoms with van der Waals surface area (Å²) in [6.45, 7) is 3.92. The first-order chi connectivity index (χ1) is 15.4. The van der Waals surface area contributed by atoms with Gasteiger partial charge in [-0.25, -0.2) is 0 Å². The van der Waals surface area contributed by atoms with E-state index in [0.29, 0.717) is 51.9 Å². The normalized spacial score (nSPS) is 16.7. The van der Waals surface area contributed by atoms with Gasteiger partial charge in [0.15, 0.2) is 0 Å². The first kappa shape index (κ1) is 22.6. The van der Waals surface area contributed by atoms with Crippen LogP contribution in [0, 0.1) is 12.8 Å². The van der Waals surface area contributed by atoms with Gasteiger partial charge in [0.05, 0.1) is 30.3 Å². The van der Waals surface area contributed by atoms with Crippen LogP contribution in [0.5, 0.6) is 5.75 Å². The fourth-order valence-corrected chi connectivity index (χ4v) is 4.35. The van der Waals surface area contributed by atoms with Crippen molar-refractivity contribution in [1.82, 2.24) is 15.0 Å². The Hall–Kier alpha value is -2.61. The maximum atomic E-state index is 12.9. The molecule has 1 aliphatic rings. The molecule has 9 heteroatoms. The SMILES string of the molecule is COc1ccc(C)cc1NC(=O)C1CCCN(Cc2nc(-c3ccc(Cl)cc3Cl)no2)C1. The van der Waals surface area contributed by atoms with Crippen LogP contribution in [0.1, 0.15) is 24.3 Å². The number of nitrogens with zero attached hydrogens (tertiary/aromatic N) is 3. The average molecular weight is 475 g/mol. The van der Waals surface area contributed by atoms with Gasteiger partial charge >= 0.3 is 0 Å². The molecule has 1 saturated heterocycles. The third-order valence-electron chi connectivity index (χ3n) is 5.49. The van der Waals surface area contributed by atoms with Crippen LogP contribution in [0.4, 0.5) is 5.69 Å². The summed E-state index contributed by atoms with van der Waals surface area (Å²) in [4.78, 5) is 19.6. The fourth-order valence-electron chi connectivity index (χ4n) is 3.86. The molecule has 2 aromatic carbocycles. The zero-order chi connectivity index (χ0) is 22.7. The monoisotopic (exact) mass is 474 g/mol. The molecule has 4 rings (SSSR count). The zero-order valence-electron chi connectivity index (χ0n) is 17.9. The third-order valence-corrected chi connectivity index (χ3v) is 6.04. The standard InChI is InChI=1S/C23H24Cl2N4O3/c1-14-5-8-20(31-2)19(10-14)26-23(30)15-4-3-9-29(12-15)13-21-27-22(28-32-21)17-7-6-16(24)11-18(17)25/h5-8,10-11,15H,3-4,9,12-13H2,1-2H3,(H,26,30). The zero-order valence-corrected chi connectivity index (χ0v) is 19.4. The van der Waals surface area contributed by atoms with Crippen molar-refractivity contribution < 1.29 is 14.1 Å². The number of nitrogens with one attached hydrogen (secondary N) is 1. The Labute approximate surface area is 196 Å². The van der Waals surface area contributed by atoms with Crippen LogP contribution >= 0.6 is 23.2 Å². The van der Waals surface area contributed by atoms with Crippen molar-refractivity contribution in [2.45, 2.75) is 26.3 Å². The molecule has 0 aliphatic carbocycles. The Balaban J connectivity index is 1.40. The molecule has 1 N–H and O–H groups in total. The quantitative estimate of drug-likeness (QED) is 0.527. The minimum atomic E-state index is -0.137. The molecule has 2 heterocycles. The van der Waals surface area contributed by atoms with Crippen LogP contribution in [0.25, 0.3) is 11.4 Å². The van der Waals surface area contributed by atoms with Crippen molar-refractivity contribution in [3.63, 3.8) is 0 Å². The molecular formula is C23H24Cl2N4O3. The van der Waals surface area contributed by atoms with Crippen molar-refractivity contribution in [3.05, 3.63) is 57.9 Å². The van der Waals surface area contributed by atoms with Gasteiger partial charge in [-0.3, -0.25) is 9.69 Å². The van der Waals surface area contributed by atoms with Crippen molar-refractivity contribution in [3.8, 4) is 17.1 Å². The van der Waals surface area contributed by atoms with Gasteiger partial charge < -0.3 is 14.6 Å². The van der Waals surface area contributed by atoms with Crippen LogP contribution in [-0.2, 0) is 11.3 Å². The minimum Gasteiger partial charge on any atom is -0.495 e. The number of amides is 1. The number of aryl methyl sites for hydroxylation is 1. The molecule has 168 valence electrons. The highest BCUT2D eigenvalue weighted by Gasteiger charge is 2.27. The number of carbonyl (C=O) groups excluding carboxylic acids is 1. The van der Waals surface area contributed by atoms with Crippen LogP contribution in [0.15, 0.2) is 40.9 Å². The van der Waals surface area contributed by atoms with E-state index in [-0.39, 0.29) is 11.8 Å². The summed E-state index contributed by atoms with van der Waals surface area (Å²) in [5.41, 5.74) is 2.41. The second-order valence-corrected chi connectivity index (χ2v) is 8.75. The first-order valence-electron chi connectivity index (χ1n) is 10.4. The summed E-state index contributed by atoms with van der Waals surface area (Å²) in [7, 11) is 1.60. The number of methoxy groups -OCH3 is 1. The van der Waals surface area contributed by atoms with Gasteiger partial charge in [0, 0.05) is 17.1 Å². The summed E-state index contributed by atoms with van der Waals surface area (Å²) < 4.78 is 10.8. The number of ether oxygens (including phenoxy) is 1. The molecule has 7 nitrogen and oxygen atoms in total. The fraction of sp³-hybridized carbons (Fsp3) is 0.348. The van der Waals surface area contributed by atoms with E-state index < -0.39 is 0 Å². The molecule has 3 aromatic rings. The van der Waals surface area contributed by atoms with E-state index >= 15 is 0 Å². The van der Waals surface area contributed by atoms with Crippen molar-refractivity contribution in [1.29, 1.82) is 0 Å². The number of carbonyl (C=O) groups is 1. The van der Waals surface area contributed by atoms with Crippen molar-refractivity contribution >= 4 is 34.8 Å². The molecule has 1 unspecified atom stereocenters. The number of hydrogen-bond acceptors (Lipinski definition) is 6. The van der Waals surface area contributed by atoms with E-state index in [2.05, 4.69) is 20.4 Å². The number of aromatic nitrogens is 2. The van der Waals surface area contributed by atoms with E-state index in [0.717, 1.165) is 24.9 Å². The second-order valence-electron chi connectivity index (χ2n) is 7.90. The Morgan fingerprint density at radius 1 is 1.28 bits per heavy atom. The topological polar surface area (TPSA) is 80.5 Å². The van der Waals surface area contributed by atoms with Crippen LogP contribution in [0.2, 0.25) is 10.0 Å². The van der Waals surface area contributed by atoms with Gasteiger partial charge in [0.25, 0.3) is 0 Å². The molecule has 0 spiro atoms. The Morgan fingerprint density at radius 2 is 2.12 bits per heavy atom. The van der Waals surface area contributed by atoms with E-state index in [1.165, 1.54) is 0 Å². The molecule has 1 amide bonds. The molecule has 1 aliphatic heterocycles. The number of halogens is 2. The molecule has 1 aromatic heterocycles. The number of benzene rings is 2. The smallest absolute Gasteiger partial charge is 0.241 e. The summed E-state index contributed by atoms with van der Waals surface area (Å²) >= 11 is 12.2. The van der Waals surface area contributed by atoms with Crippen LogP contribution in [0.3, 0.4) is 0 Å². The molecule has 0 saturated carbocycles. The Morgan fingerprint density at radius 3 is 2.91 bits per heavy atom. The highest BCUT2D eigenvalue weighted by Crippen LogP contribution is 2.29. The van der Waals surface area contributed by atoms with Crippen molar-refractivity contribution in [2.75, 3.05) is 25.5 Å². The van der Waals surface area contributed by atoms with Gasteiger partial charge in [-0.2, -0.15) is 4.98 Å². The summed E-state index contributed by atoms with van der Waals surface area (Å²) in [5.74, 6) is 1.39. The van der Waals surface area contributed by atoms with Gasteiger partial charge in [-0.05, 0) is 62.2 Å². The number of piperidine rings is 1. The largest absolute Gasteiger partial charge is 0.495 e.